The summed E-state index contributed by atoms with van der Waals surface area (Å²) in [5.41, 5.74) is 2.08. The van der Waals surface area contributed by atoms with Crippen LogP contribution in [0.3, 0.4) is 0 Å². The highest BCUT2D eigenvalue weighted by atomic mass is 16.5. The smallest absolute Gasteiger partial charge is 0.315 e. The largest absolute Gasteiger partial charge is 0.338 e. The molecule has 0 unspecified atom stereocenters. The van der Waals surface area contributed by atoms with E-state index < -0.39 is 0 Å². The van der Waals surface area contributed by atoms with Gasteiger partial charge in [0, 0.05) is 24.4 Å². The maximum Gasteiger partial charge on any atom is 0.315 e. The number of carbonyl (C=O) groups is 1. The fourth-order valence-electron chi connectivity index (χ4n) is 2.03. The van der Waals surface area contributed by atoms with Crippen molar-refractivity contribution in [1.82, 2.24) is 25.8 Å². The Labute approximate surface area is 128 Å². The summed E-state index contributed by atoms with van der Waals surface area (Å²) in [4.78, 5) is 20.2. The Hall–Kier alpha value is -2.44. The molecular weight excluding hydrogens is 282 g/mol. The number of aromatic nitrogens is 3. The number of amides is 2. The van der Waals surface area contributed by atoms with Crippen LogP contribution in [0.15, 0.2) is 22.9 Å². The fraction of sp³-hybridized carbons (Fsp3) is 0.467. The van der Waals surface area contributed by atoms with Crippen molar-refractivity contribution in [3.8, 4) is 0 Å². The van der Waals surface area contributed by atoms with E-state index in [2.05, 4.69) is 25.8 Å². The number of nitrogens with zero attached hydrogens (tertiary/aromatic N) is 3. The number of hydrogen-bond acceptors (Lipinski definition) is 5. The van der Waals surface area contributed by atoms with Gasteiger partial charge in [-0.1, -0.05) is 11.2 Å². The van der Waals surface area contributed by atoms with E-state index in [1.54, 1.807) is 0 Å². The standard InChI is InChI=1S/C15H19N5O2/c1-10-2-3-11(8-17-10)6-7-16-15(21)18-9-13-19-14(20-22-13)12-4-5-12/h2-3,8,12H,4-7,9H2,1H3,(H2,16,18,21). The van der Waals surface area contributed by atoms with Crippen molar-refractivity contribution < 1.29 is 9.32 Å². The first-order valence-electron chi connectivity index (χ1n) is 7.46. The molecule has 2 N–H and O–H groups in total. The Morgan fingerprint density at radius 2 is 2.23 bits per heavy atom. The Bertz CT molecular complexity index is 634. The lowest BCUT2D eigenvalue weighted by Crippen LogP contribution is -2.36. The fourth-order valence-corrected chi connectivity index (χ4v) is 2.03. The summed E-state index contributed by atoms with van der Waals surface area (Å²) in [6.07, 6.45) is 4.82. The number of hydrogen-bond donors (Lipinski definition) is 2. The molecular formula is C15H19N5O2. The van der Waals surface area contributed by atoms with Crippen molar-refractivity contribution in [2.24, 2.45) is 0 Å². The zero-order chi connectivity index (χ0) is 15.4. The molecule has 0 saturated heterocycles. The summed E-state index contributed by atoms with van der Waals surface area (Å²) in [7, 11) is 0. The van der Waals surface area contributed by atoms with E-state index >= 15 is 0 Å². The van der Waals surface area contributed by atoms with Crippen LogP contribution in [-0.4, -0.2) is 27.7 Å². The molecule has 7 nitrogen and oxygen atoms in total. The van der Waals surface area contributed by atoms with Crippen LogP contribution >= 0.6 is 0 Å². The van der Waals surface area contributed by atoms with Crippen LogP contribution in [0.1, 0.15) is 41.7 Å². The van der Waals surface area contributed by atoms with Gasteiger partial charge in [0.15, 0.2) is 5.82 Å². The van der Waals surface area contributed by atoms with Gasteiger partial charge in [-0.25, -0.2) is 4.79 Å². The first-order valence-corrected chi connectivity index (χ1v) is 7.46. The molecule has 2 aromatic rings. The minimum absolute atomic E-state index is 0.244. The van der Waals surface area contributed by atoms with Crippen LogP contribution in [0, 0.1) is 6.92 Å². The van der Waals surface area contributed by atoms with Crippen molar-refractivity contribution in [2.45, 2.75) is 38.6 Å². The molecule has 0 spiro atoms. The Balaban J connectivity index is 1.35. The molecule has 0 bridgehead atoms. The predicted molar refractivity (Wildman–Crippen MR) is 79.2 cm³/mol. The van der Waals surface area contributed by atoms with Gasteiger partial charge in [0.2, 0.25) is 5.89 Å². The zero-order valence-corrected chi connectivity index (χ0v) is 12.5. The molecule has 1 aliphatic rings. The predicted octanol–water partition coefficient (Wildman–Crippen LogP) is 1.69. The number of nitrogens with one attached hydrogen (secondary N) is 2. The van der Waals surface area contributed by atoms with E-state index in [4.69, 9.17) is 4.52 Å². The minimum atomic E-state index is -0.244. The number of aryl methyl sites for hydroxylation is 1. The van der Waals surface area contributed by atoms with Gasteiger partial charge in [-0.3, -0.25) is 4.98 Å². The molecule has 7 heteroatoms. The molecule has 2 heterocycles. The summed E-state index contributed by atoms with van der Waals surface area (Å²) >= 11 is 0. The normalized spacial score (nSPS) is 13.9. The molecule has 0 radical (unpaired) electrons. The lowest BCUT2D eigenvalue weighted by atomic mass is 10.2. The molecule has 0 aliphatic heterocycles. The highest BCUT2D eigenvalue weighted by Crippen LogP contribution is 2.37. The number of pyridine rings is 1. The average Bonchev–Trinajstić information content (AvgIpc) is 3.26. The summed E-state index contributed by atoms with van der Waals surface area (Å²) in [5.74, 6) is 1.65. The average molecular weight is 301 g/mol. The molecule has 2 amide bonds. The first kappa shape index (κ1) is 14.5. The van der Waals surface area contributed by atoms with Crippen molar-refractivity contribution in [1.29, 1.82) is 0 Å². The maximum absolute atomic E-state index is 11.7. The molecule has 116 valence electrons. The van der Waals surface area contributed by atoms with Gasteiger partial charge in [0.1, 0.15) is 0 Å². The quantitative estimate of drug-likeness (QED) is 0.847. The summed E-state index contributed by atoms with van der Waals surface area (Å²) in [5, 5.41) is 9.40. The summed E-state index contributed by atoms with van der Waals surface area (Å²) in [6, 6.07) is 3.73. The SMILES string of the molecule is Cc1ccc(CCNC(=O)NCc2nc(C3CC3)no2)cn1. The van der Waals surface area contributed by atoms with Gasteiger partial charge in [-0.15, -0.1) is 0 Å². The van der Waals surface area contributed by atoms with Crippen LogP contribution in [0.25, 0.3) is 0 Å². The van der Waals surface area contributed by atoms with Crippen molar-refractivity contribution in [3.05, 3.63) is 41.3 Å². The van der Waals surface area contributed by atoms with Crippen LogP contribution in [0.2, 0.25) is 0 Å². The van der Waals surface area contributed by atoms with Crippen LogP contribution < -0.4 is 10.6 Å². The van der Waals surface area contributed by atoms with Gasteiger partial charge >= 0.3 is 6.03 Å². The third-order valence-corrected chi connectivity index (χ3v) is 3.50. The maximum atomic E-state index is 11.7. The van der Waals surface area contributed by atoms with Gasteiger partial charge in [0.05, 0.1) is 6.54 Å². The minimum Gasteiger partial charge on any atom is -0.338 e. The Kier molecular flexibility index (Phi) is 4.32. The second-order valence-electron chi connectivity index (χ2n) is 5.49. The second kappa shape index (κ2) is 6.55. The lowest BCUT2D eigenvalue weighted by Gasteiger charge is -2.06. The summed E-state index contributed by atoms with van der Waals surface area (Å²) < 4.78 is 5.09. The van der Waals surface area contributed by atoms with Crippen LogP contribution in [0.4, 0.5) is 4.79 Å². The third kappa shape index (κ3) is 4.03. The van der Waals surface area contributed by atoms with Gasteiger partial charge in [0.25, 0.3) is 0 Å². The van der Waals surface area contributed by atoms with E-state index in [0.29, 0.717) is 18.4 Å². The third-order valence-electron chi connectivity index (χ3n) is 3.50. The highest BCUT2D eigenvalue weighted by Gasteiger charge is 2.28. The molecule has 0 aromatic carbocycles. The van der Waals surface area contributed by atoms with E-state index in [0.717, 1.165) is 36.3 Å². The van der Waals surface area contributed by atoms with Gasteiger partial charge in [-0.05, 0) is 37.8 Å². The highest BCUT2D eigenvalue weighted by molar-refractivity contribution is 5.73. The van der Waals surface area contributed by atoms with E-state index in [-0.39, 0.29) is 12.6 Å². The van der Waals surface area contributed by atoms with E-state index in [9.17, 15) is 4.79 Å². The lowest BCUT2D eigenvalue weighted by molar-refractivity contribution is 0.238. The topological polar surface area (TPSA) is 92.9 Å². The Morgan fingerprint density at radius 1 is 1.36 bits per heavy atom. The summed E-state index contributed by atoms with van der Waals surface area (Å²) in [6.45, 7) is 2.74. The zero-order valence-electron chi connectivity index (χ0n) is 12.5. The molecule has 22 heavy (non-hydrogen) atoms. The van der Waals surface area contributed by atoms with Crippen molar-refractivity contribution in [2.75, 3.05) is 6.54 Å². The second-order valence-corrected chi connectivity index (χ2v) is 5.49. The van der Waals surface area contributed by atoms with E-state index in [1.807, 2.05) is 25.3 Å². The molecule has 1 aliphatic carbocycles. The molecule has 1 fully saturated rings. The number of carbonyl (C=O) groups excluding carboxylic acids is 1. The van der Waals surface area contributed by atoms with Crippen LogP contribution in [0.5, 0.6) is 0 Å². The van der Waals surface area contributed by atoms with Crippen molar-refractivity contribution >= 4 is 6.03 Å². The molecule has 1 saturated carbocycles. The number of urea groups is 1. The van der Waals surface area contributed by atoms with Crippen LogP contribution in [-0.2, 0) is 13.0 Å². The monoisotopic (exact) mass is 301 g/mol. The molecule has 3 rings (SSSR count). The van der Waals surface area contributed by atoms with Gasteiger partial charge < -0.3 is 15.2 Å². The molecule has 0 atom stereocenters. The molecule has 2 aromatic heterocycles. The Morgan fingerprint density at radius 3 is 2.95 bits per heavy atom. The number of rotatable bonds is 6. The van der Waals surface area contributed by atoms with Crippen molar-refractivity contribution in [3.63, 3.8) is 0 Å². The first-order chi connectivity index (χ1) is 10.7. The van der Waals surface area contributed by atoms with E-state index in [1.165, 1.54) is 0 Å². The van der Waals surface area contributed by atoms with Gasteiger partial charge in [-0.2, -0.15) is 4.98 Å².